The summed E-state index contributed by atoms with van der Waals surface area (Å²) >= 11 is 2.05. The summed E-state index contributed by atoms with van der Waals surface area (Å²) in [6.07, 6.45) is 0. The van der Waals surface area contributed by atoms with E-state index in [9.17, 15) is 9.59 Å². The summed E-state index contributed by atoms with van der Waals surface area (Å²) < 4.78 is 15.0. The molecule has 0 bridgehead atoms. The van der Waals surface area contributed by atoms with Crippen molar-refractivity contribution in [3.63, 3.8) is 0 Å². The highest BCUT2D eigenvalue weighted by Crippen LogP contribution is 2.33. The fourth-order valence-corrected chi connectivity index (χ4v) is 3.20. The van der Waals surface area contributed by atoms with E-state index in [4.69, 9.17) is 13.1 Å². The van der Waals surface area contributed by atoms with Crippen molar-refractivity contribution in [1.82, 2.24) is 0 Å². The smallest absolute Gasteiger partial charge is 0.339 e. The second kappa shape index (κ2) is 8.61. The Bertz CT molecular complexity index is 643. The Balaban J connectivity index is 2.07. The molecular weight excluding hydrogens is 336 g/mol. The molecule has 0 radical (unpaired) electrons. The molecule has 0 spiro atoms. The normalized spacial score (nSPS) is 10.2. The van der Waals surface area contributed by atoms with E-state index in [0.717, 1.165) is 24.1 Å². The van der Waals surface area contributed by atoms with Crippen molar-refractivity contribution in [3.8, 4) is 0 Å². The zero-order valence-corrected chi connectivity index (χ0v) is 14.1. The van der Waals surface area contributed by atoms with Gasteiger partial charge in [-0.15, -0.1) is 0 Å². The maximum absolute atomic E-state index is 11.7. The molecule has 0 N–H and O–H groups in total. The van der Waals surface area contributed by atoms with E-state index in [1.165, 1.54) is 14.2 Å². The molecule has 0 aliphatic carbocycles. The van der Waals surface area contributed by atoms with Crippen molar-refractivity contribution >= 4 is 36.0 Å². The Kier molecular flexibility index (Phi) is 6.52. The molecule has 2 rings (SSSR count). The topological polar surface area (TPSA) is 61.8 Å². The lowest BCUT2D eigenvalue weighted by Gasteiger charge is -2.08. The Morgan fingerprint density at radius 1 is 0.739 bits per heavy atom. The highest BCUT2D eigenvalue weighted by Gasteiger charge is 2.15. The van der Waals surface area contributed by atoms with E-state index in [2.05, 4.69) is 0 Å². The quantitative estimate of drug-likeness (QED) is 0.576. The van der Waals surface area contributed by atoms with Crippen molar-refractivity contribution < 1.29 is 22.7 Å². The number of carbonyl (C=O) groups is 2. The van der Waals surface area contributed by atoms with Gasteiger partial charge in [0.25, 0.3) is 0 Å². The van der Waals surface area contributed by atoms with E-state index < -0.39 is 11.9 Å². The molecule has 0 saturated carbocycles. The molecule has 5 nitrogen and oxygen atoms in total. The van der Waals surface area contributed by atoms with Gasteiger partial charge in [-0.1, -0.05) is 24.3 Å². The summed E-state index contributed by atoms with van der Waals surface area (Å²) in [6.45, 7) is 0. The first-order valence-electron chi connectivity index (χ1n) is 6.53. The molecule has 0 fully saturated rings. The fraction of sp³-hybridized carbons (Fsp3) is 0.125. The molecule has 0 aliphatic heterocycles. The summed E-state index contributed by atoms with van der Waals surface area (Å²) in [4.78, 5) is 24.6. The number of hydrogen-bond acceptors (Lipinski definition) is 7. The van der Waals surface area contributed by atoms with Crippen LogP contribution in [-0.2, 0) is 13.1 Å². The Morgan fingerprint density at radius 3 is 1.52 bits per heavy atom. The minimum Gasteiger partial charge on any atom is -0.465 e. The second-order valence-electron chi connectivity index (χ2n) is 4.21. The van der Waals surface area contributed by atoms with Crippen molar-refractivity contribution in [1.29, 1.82) is 0 Å². The predicted octanol–water partition coefficient (Wildman–Crippen LogP) is 3.99. The third kappa shape index (κ3) is 4.51. The van der Waals surface area contributed by atoms with Gasteiger partial charge in [-0.05, 0) is 24.3 Å². The van der Waals surface area contributed by atoms with Crippen molar-refractivity contribution in [2.75, 3.05) is 14.2 Å². The first kappa shape index (κ1) is 17.4. The number of ether oxygens (including phenoxy) is 2. The molecule has 0 aliphatic rings. The fourth-order valence-electron chi connectivity index (χ4n) is 1.73. The van der Waals surface area contributed by atoms with E-state index >= 15 is 0 Å². The third-order valence-electron chi connectivity index (χ3n) is 2.83. The Hall–Kier alpha value is -1.96. The SMILES string of the molecule is COC(=O)c1ccccc1SOSc1ccccc1C(=O)OC. The van der Waals surface area contributed by atoms with Crippen LogP contribution in [0.15, 0.2) is 58.3 Å². The van der Waals surface area contributed by atoms with E-state index in [-0.39, 0.29) is 0 Å². The molecule has 0 aromatic heterocycles. The van der Waals surface area contributed by atoms with Gasteiger partial charge in [-0.3, -0.25) is 0 Å². The first-order chi connectivity index (χ1) is 11.2. The van der Waals surface area contributed by atoms with Gasteiger partial charge in [0.2, 0.25) is 0 Å². The minimum absolute atomic E-state index is 0.418. The number of benzene rings is 2. The van der Waals surface area contributed by atoms with Crippen LogP contribution < -0.4 is 0 Å². The molecular formula is C16H14O5S2. The van der Waals surface area contributed by atoms with E-state index in [1.807, 2.05) is 0 Å². The van der Waals surface area contributed by atoms with Crippen LogP contribution in [0.25, 0.3) is 0 Å². The van der Waals surface area contributed by atoms with E-state index in [1.54, 1.807) is 48.5 Å². The number of rotatable bonds is 6. The Labute approximate surface area is 142 Å². The van der Waals surface area contributed by atoms with Gasteiger partial charge in [0.1, 0.15) is 0 Å². The summed E-state index contributed by atoms with van der Waals surface area (Å²) in [6, 6.07) is 13.9. The zero-order chi connectivity index (χ0) is 16.7. The number of hydrogen-bond donors (Lipinski definition) is 0. The maximum Gasteiger partial charge on any atom is 0.339 e. The molecule has 120 valence electrons. The third-order valence-corrected chi connectivity index (χ3v) is 4.45. The van der Waals surface area contributed by atoms with Gasteiger partial charge < -0.3 is 9.47 Å². The molecule has 0 atom stereocenters. The van der Waals surface area contributed by atoms with Crippen LogP contribution in [0.3, 0.4) is 0 Å². The number of methoxy groups -OCH3 is 2. The molecule has 2 aromatic carbocycles. The number of carbonyl (C=O) groups excluding carboxylic acids is 2. The van der Waals surface area contributed by atoms with Gasteiger partial charge in [-0.2, -0.15) is 0 Å². The highest BCUT2D eigenvalue weighted by atomic mass is 32.2. The van der Waals surface area contributed by atoms with Crippen LogP contribution in [0, 0.1) is 0 Å². The molecule has 2 aromatic rings. The van der Waals surface area contributed by atoms with Crippen molar-refractivity contribution in [3.05, 3.63) is 59.7 Å². The monoisotopic (exact) mass is 350 g/mol. The van der Waals surface area contributed by atoms with Gasteiger partial charge in [-0.25, -0.2) is 13.2 Å². The Morgan fingerprint density at radius 2 is 1.13 bits per heavy atom. The standard InChI is InChI=1S/C16H14O5S2/c1-19-15(17)11-7-3-5-9-13(11)22-21-23-14-10-6-4-8-12(14)16(18)20-2/h3-10H,1-2H3. The molecule has 0 amide bonds. The predicted molar refractivity (Wildman–Crippen MR) is 88.4 cm³/mol. The van der Waals surface area contributed by atoms with Crippen LogP contribution in [0.2, 0.25) is 0 Å². The van der Waals surface area contributed by atoms with Crippen molar-refractivity contribution in [2.24, 2.45) is 0 Å². The van der Waals surface area contributed by atoms with Crippen LogP contribution >= 0.6 is 24.1 Å². The highest BCUT2D eigenvalue weighted by molar-refractivity contribution is 8.08. The van der Waals surface area contributed by atoms with Gasteiger partial charge in [0.05, 0.1) is 35.1 Å². The summed E-state index contributed by atoms with van der Waals surface area (Å²) in [7, 11) is 2.65. The summed E-state index contributed by atoms with van der Waals surface area (Å²) in [5, 5.41) is 0. The largest absolute Gasteiger partial charge is 0.465 e. The first-order valence-corrected chi connectivity index (χ1v) is 8.01. The lowest BCUT2D eigenvalue weighted by Crippen LogP contribution is -2.03. The van der Waals surface area contributed by atoms with Crippen LogP contribution in [0.1, 0.15) is 20.7 Å². The van der Waals surface area contributed by atoms with Crippen molar-refractivity contribution in [2.45, 2.75) is 9.79 Å². The maximum atomic E-state index is 11.7. The average Bonchev–Trinajstić information content (AvgIpc) is 2.61. The number of esters is 2. The van der Waals surface area contributed by atoms with Gasteiger partial charge in [0, 0.05) is 24.1 Å². The lowest BCUT2D eigenvalue weighted by atomic mass is 10.2. The molecule has 23 heavy (non-hydrogen) atoms. The van der Waals surface area contributed by atoms with Gasteiger partial charge in [0.15, 0.2) is 0 Å². The van der Waals surface area contributed by atoms with E-state index in [0.29, 0.717) is 20.9 Å². The van der Waals surface area contributed by atoms with Crippen LogP contribution in [0.4, 0.5) is 0 Å². The second-order valence-corrected chi connectivity index (χ2v) is 5.97. The molecule has 0 heterocycles. The molecule has 7 heteroatoms. The van der Waals surface area contributed by atoms with Gasteiger partial charge >= 0.3 is 11.9 Å². The van der Waals surface area contributed by atoms with Crippen LogP contribution in [-0.4, -0.2) is 26.2 Å². The van der Waals surface area contributed by atoms with Crippen LogP contribution in [0.5, 0.6) is 0 Å². The molecule has 0 unspecified atom stereocenters. The summed E-state index contributed by atoms with van der Waals surface area (Å²) in [5.41, 5.74) is 0.837. The summed E-state index contributed by atoms with van der Waals surface area (Å²) in [5.74, 6) is -0.867. The minimum atomic E-state index is -0.434. The lowest BCUT2D eigenvalue weighted by molar-refractivity contribution is 0.0588. The average molecular weight is 350 g/mol. The molecule has 0 saturated heterocycles. The zero-order valence-electron chi connectivity index (χ0n) is 12.5.